The number of carboxylic acid groups (broad SMARTS) is 1. The molecule has 3 aliphatic rings. The van der Waals surface area contributed by atoms with Gasteiger partial charge in [0.05, 0.1) is 12.2 Å². The monoisotopic (exact) mass is 320 g/mol. The van der Waals surface area contributed by atoms with Crippen LogP contribution in [-0.2, 0) is 9.53 Å². The Bertz CT molecular complexity index is 519. The number of hydrogen-bond acceptors (Lipinski definition) is 2. The standard InChI is InChI=1S/C20H32O3/c1-14(12-17(21)22)7-10-18(3)15(2)8-11-19(4)16(18)6-5-9-20(19)13-23-20/h12,15-16H,5-11,13H2,1-4H3,(H,21,22). The van der Waals surface area contributed by atoms with Crippen molar-refractivity contribution < 1.29 is 14.6 Å². The zero-order chi connectivity index (χ0) is 16.9. The van der Waals surface area contributed by atoms with Crippen molar-refractivity contribution in [2.75, 3.05) is 6.61 Å². The SMILES string of the molecule is CC(=CC(=O)O)CCC1(C)C(C)CCC2(C)C1CCCC21CO1. The van der Waals surface area contributed by atoms with Crippen LogP contribution in [0.4, 0.5) is 0 Å². The van der Waals surface area contributed by atoms with Gasteiger partial charge in [0.15, 0.2) is 0 Å². The van der Waals surface area contributed by atoms with E-state index in [1.54, 1.807) is 0 Å². The zero-order valence-corrected chi connectivity index (χ0v) is 15.2. The van der Waals surface area contributed by atoms with Crippen LogP contribution in [0.2, 0.25) is 0 Å². The van der Waals surface area contributed by atoms with Crippen LogP contribution in [-0.4, -0.2) is 23.3 Å². The van der Waals surface area contributed by atoms with Crippen molar-refractivity contribution in [1.82, 2.24) is 0 Å². The van der Waals surface area contributed by atoms with Crippen molar-refractivity contribution in [3.63, 3.8) is 0 Å². The highest BCUT2D eigenvalue weighted by Gasteiger charge is 2.67. The van der Waals surface area contributed by atoms with E-state index < -0.39 is 5.97 Å². The molecule has 5 atom stereocenters. The molecular weight excluding hydrogens is 288 g/mol. The molecule has 1 spiro atoms. The highest BCUT2D eigenvalue weighted by atomic mass is 16.6. The van der Waals surface area contributed by atoms with Gasteiger partial charge in [0.1, 0.15) is 0 Å². The maximum absolute atomic E-state index is 10.9. The molecule has 1 saturated heterocycles. The number of hydrogen-bond donors (Lipinski definition) is 1. The average molecular weight is 320 g/mol. The van der Waals surface area contributed by atoms with Gasteiger partial charge in [0.2, 0.25) is 0 Å². The van der Waals surface area contributed by atoms with Crippen molar-refractivity contribution in [2.45, 2.75) is 78.2 Å². The number of ether oxygens (including phenoxy) is 1. The van der Waals surface area contributed by atoms with Crippen molar-refractivity contribution in [1.29, 1.82) is 0 Å². The Morgan fingerprint density at radius 1 is 1.30 bits per heavy atom. The fourth-order valence-electron chi connectivity index (χ4n) is 5.89. The van der Waals surface area contributed by atoms with Gasteiger partial charge in [-0.25, -0.2) is 4.79 Å². The first-order valence-electron chi connectivity index (χ1n) is 9.28. The topological polar surface area (TPSA) is 49.8 Å². The minimum absolute atomic E-state index is 0.170. The van der Waals surface area contributed by atoms with Crippen molar-refractivity contribution in [2.24, 2.45) is 22.7 Å². The van der Waals surface area contributed by atoms with Crippen molar-refractivity contribution in [3.05, 3.63) is 11.6 Å². The predicted octanol–water partition coefficient (Wildman–Crippen LogP) is 4.81. The normalized spacial score (nSPS) is 46.5. The third kappa shape index (κ3) is 2.65. The summed E-state index contributed by atoms with van der Waals surface area (Å²) in [7, 11) is 0. The molecule has 3 fully saturated rings. The molecular formula is C20H32O3. The maximum atomic E-state index is 10.9. The zero-order valence-electron chi connectivity index (χ0n) is 15.2. The van der Waals surface area contributed by atoms with Gasteiger partial charge in [-0.05, 0) is 62.7 Å². The molecule has 3 heteroatoms. The second kappa shape index (κ2) is 5.61. The van der Waals surface area contributed by atoms with Crippen LogP contribution >= 0.6 is 0 Å². The maximum Gasteiger partial charge on any atom is 0.328 e. The lowest BCUT2D eigenvalue weighted by molar-refractivity contribution is -0.131. The summed E-state index contributed by atoms with van der Waals surface area (Å²) in [5, 5.41) is 8.95. The van der Waals surface area contributed by atoms with Gasteiger partial charge in [-0.15, -0.1) is 0 Å². The lowest BCUT2D eigenvalue weighted by Crippen LogP contribution is -2.56. The van der Waals surface area contributed by atoms with E-state index in [0.717, 1.165) is 25.0 Å². The summed E-state index contributed by atoms with van der Waals surface area (Å²) < 4.78 is 6.03. The van der Waals surface area contributed by atoms with E-state index in [9.17, 15) is 4.79 Å². The van der Waals surface area contributed by atoms with Gasteiger partial charge in [-0.3, -0.25) is 0 Å². The molecule has 130 valence electrons. The van der Waals surface area contributed by atoms with Crippen LogP contribution in [0.25, 0.3) is 0 Å². The van der Waals surface area contributed by atoms with E-state index in [4.69, 9.17) is 9.84 Å². The van der Waals surface area contributed by atoms with E-state index >= 15 is 0 Å². The molecule has 0 aromatic carbocycles. The molecule has 23 heavy (non-hydrogen) atoms. The highest BCUT2D eigenvalue weighted by Crippen LogP contribution is 2.68. The Morgan fingerprint density at radius 2 is 2.00 bits per heavy atom. The molecule has 5 unspecified atom stereocenters. The van der Waals surface area contributed by atoms with Crippen LogP contribution < -0.4 is 0 Å². The van der Waals surface area contributed by atoms with Crippen LogP contribution in [0.1, 0.15) is 72.6 Å². The number of allylic oxidation sites excluding steroid dienone is 1. The smallest absolute Gasteiger partial charge is 0.328 e. The van der Waals surface area contributed by atoms with E-state index in [1.165, 1.54) is 38.2 Å². The number of aliphatic carboxylic acids is 1. The van der Waals surface area contributed by atoms with E-state index in [-0.39, 0.29) is 5.60 Å². The number of carbonyl (C=O) groups is 1. The van der Waals surface area contributed by atoms with Gasteiger partial charge in [-0.1, -0.05) is 32.8 Å². The van der Waals surface area contributed by atoms with E-state index in [2.05, 4.69) is 20.8 Å². The summed E-state index contributed by atoms with van der Waals surface area (Å²) in [6.07, 6.45) is 9.77. The van der Waals surface area contributed by atoms with E-state index in [1.807, 2.05) is 6.92 Å². The summed E-state index contributed by atoms with van der Waals surface area (Å²) in [5.41, 5.74) is 1.77. The highest BCUT2D eigenvalue weighted by molar-refractivity contribution is 5.80. The average Bonchev–Trinajstić information content (AvgIpc) is 3.25. The molecule has 3 rings (SSSR count). The van der Waals surface area contributed by atoms with E-state index in [0.29, 0.717) is 22.7 Å². The van der Waals surface area contributed by atoms with Gasteiger partial charge >= 0.3 is 5.97 Å². The quantitative estimate of drug-likeness (QED) is 0.597. The molecule has 0 aromatic rings. The molecule has 3 nitrogen and oxygen atoms in total. The largest absolute Gasteiger partial charge is 0.478 e. The molecule has 0 radical (unpaired) electrons. The van der Waals surface area contributed by atoms with Gasteiger partial charge in [0.25, 0.3) is 0 Å². The molecule has 2 saturated carbocycles. The summed E-state index contributed by atoms with van der Waals surface area (Å²) in [5.74, 6) is 0.580. The second-order valence-corrected chi connectivity index (χ2v) is 8.92. The molecule has 0 bridgehead atoms. The minimum atomic E-state index is -0.822. The number of rotatable bonds is 4. The Hall–Kier alpha value is -0.830. The van der Waals surface area contributed by atoms with Gasteiger partial charge < -0.3 is 9.84 Å². The molecule has 2 aliphatic carbocycles. The van der Waals surface area contributed by atoms with Crippen LogP contribution in [0, 0.1) is 22.7 Å². The number of epoxide rings is 1. The summed E-state index contributed by atoms with van der Waals surface area (Å²) in [6.45, 7) is 10.3. The molecule has 0 amide bonds. The minimum Gasteiger partial charge on any atom is -0.478 e. The predicted molar refractivity (Wildman–Crippen MR) is 91.3 cm³/mol. The van der Waals surface area contributed by atoms with Gasteiger partial charge in [0, 0.05) is 11.5 Å². The third-order valence-corrected chi connectivity index (χ3v) is 7.82. The molecule has 1 heterocycles. The fraction of sp³-hybridized carbons (Fsp3) is 0.850. The Labute approximate surface area is 140 Å². The lowest BCUT2D eigenvalue weighted by atomic mass is 9.44. The molecule has 0 aromatic heterocycles. The van der Waals surface area contributed by atoms with Gasteiger partial charge in [-0.2, -0.15) is 0 Å². The Morgan fingerprint density at radius 3 is 2.61 bits per heavy atom. The van der Waals surface area contributed by atoms with Crippen molar-refractivity contribution >= 4 is 5.97 Å². The number of fused-ring (bicyclic) bond motifs is 2. The van der Waals surface area contributed by atoms with Crippen LogP contribution in [0.5, 0.6) is 0 Å². The first-order chi connectivity index (χ1) is 10.7. The molecule has 1 aliphatic heterocycles. The van der Waals surface area contributed by atoms with Crippen LogP contribution in [0.3, 0.4) is 0 Å². The lowest BCUT2D eigenvalue weighted by Gasteiger charge is -2.60. The first kappa shape index (κ1) is 17.0. The third-order valence-electron chi connectivity index (χ3n) is 7.82. The first-order valence-corrected chi connectivity index (χ1v) is 9.28. The second-order valence-electron chi connectivity index (χ2n) is 8.92. The Balaban J connectivity index is 1.82. The molecule has 1 N–H and O–H groups in total. The van der Waals surface area contributed by atoms with Crippen molar-refractivity contribution in [3.8, 4) is 0 Å². The van der Waals surface area contributed by atoms with Crippen LogP contribution in [0.15, 0.2) is 11.6 Å². The summed E-state index contributed by atoms with van der Waals surface area (Å²) >= 11 is 0. The summed E-state index contributed by atoms with van der Waals surface area (Å²) in [6, 6.07) is 0. The Kier molecular flexibility index (Phi) is 4.15. The summed E-state index contributed by atoms with van der Waals surface area (Å²) in [4.78, 5) is 10.9. The number of carboxylic acids is 1. The fourth-order valence-corrected chi connectivity index (χ4v) is 5.89.